The zero-order chi connectivity index (χ0) is 20.7. The van der Waals surface area contributed by atoms with E-state index in [4.69, 9.17) is 0 Å². The summed E-state index contributed by atoms with van der Waals surface area (Å²) in [6, 6.07) is 14.2. The first-order chi connectivity index (χ1) is 14.6. The summed E-state index contributed by atoms with van der Waals surface area (Å²) in [5.41, 5.74) is 2.66. The van der Waals surface area contributed by atoms with Crippen LogP contribution in [0.15, 0.2) is 48.5 Å². The highest BCUT2D eigenvalue weighted by Gasteiger charge is 2.52. The van der Waals surface area contributed by atoms with Crippen molar-refractivity contribution in [3.8, 4) is 0 Å². The molecule has 1 N–H and O–H groups in total. The highest BCUT2D eigenvalue weighted by Crippen LogP contribution is 2.52. The minimum Gasteiger partial charge on any atom is -0.342 e. The van der Waals surface area contributed by atoms with Gasteiger partial charge in [-0.2, -0.15) is 0 Å². The van der Waals surface area contributed by atoms with E-state index in [9.17, 15) is 14.9 Å². The molecule has 154 valence electrons. The third kappa shape index (κ3) is 3.25. The fraction of sp³-hybridized carbons (Fsp3) is 0.364. The van der Waals surface area contributed by atoms with Gasteiger partial charge >= 0.3 is 0 Å². The SMILES string of the molecule is O=C1C(Cc2nc3ccccc3[nH]2)SC2(CCCCC2)N1c1ccc([N+](=O)[O-])cc1. The smallest absolute Gasteiger partial charge is 0.269 e. The Bertz CT molecular complexity index is 1070. The number of hydrogen-bond acceptors (Lipinski definition) is 5. The number of nitro groups is 1. The number of carbonyl (C=O) groups excluding carboxylic acids is 1. The Morgan fingerprint density at radius 2 is 1.87 bits per heavy atom. The molecule has 8 heteroatoms. The number of nitro benzene ring substituents is 1. The van der Waals surface area contributed by atoms with Gasteiger partial charge in [-0.1, -0.05) is 31.4 Å². The minimum atomic E-state index is -0.412. The molecule has 1 amide bonds. The van der Waals surface area contributed by atoms with Gasteiger partial charge in [0, 0.05) is 24.2 Å². The zero-order valence-electron chi connectivity index (χ0n) is 16.4. The average Bonchev–Trinajstić information content (AvgIpc) is 3.27. The summed E-state index contributed by atoms with van der Waals surface area (Å²) < 4.78 is 0. The van der Waals surface area contributed by atoms with Crippen molar-refractivity contribution in [1.82, 2.24) is 9.97 Å². The van der Waals surface area contributed by atoms with Crippen LogP contribution in [0.5, 0.6) is 0 Å². The number of rotatable bonds is 4. The van der Waals surface area contributed by atoms with Crippen LogP contribution in [0, 0.1) is 10.1 Å². The number of fused-ring (bicyclic) bond motifs is 1. The molecule has 0 bridgehead atoms. The third-order valence-corrected chi connectivity index (χ3v) is 7.72. The number of imidazole rings is 1. The van der Waals surface area contributed by atoms with Gasteiger partial charge in [0.15, 0.2) is 0 Å². The first kappa shape index (κ1) is 19.1. The zero-order valence-corrected chi connectivity index (χ0v) is 17.2. The van der Waals surface area contributed by atoms with E-state index in [2.05, 4.69) is 9.97 Å². The molecule has 1 unspecified atom stereocenters. The van der Waals surface area contributed by atoms with E-state index in [0.717, 1.165) is 48.2 Å². The Balaban J connectivity index is 1.47. The molecule has 30 heavy (non-hydrogen) atoms. The fourth-order valence-electron chi connectivity index (χ4n) is 4.65. The minimum absolute atomic E-state index is 0.0366. The van der Waals surface area contributed by atoms with Crippen LogP contribution in [-0.2, 0) is 11.2 Å². The summed E-state index contributed by atoms with van der Waals surface area (Å²) in [5, 5.41) is 10.8. The molecule has 1 saturated carbocycles. The largest absolute Gasteiger partial charge is 0.342 e. The van der Waals surface area contributed by atoms with Crippen LogP contribution in [0.4, 0.5) is 11.4 Å². The molecule has 2 fully saturated rings. The Morgan fingerprint density at radius 1 is 1.13 bits per heavy atom. The van der Waals surface area contributed by atoms with Crippen LogP contribution in [0.1, 0.15) is 37.9 Å². The quantitative estimate of drug-likeness (QED) is 0.481. The number of para-hydroxylation sites is 2. The molecule has 1 aliphatic carbocycles. The Hall–Kier alpha value is -2.87. The van der Waals surface area contributed by atoms with Crippen molar-refractivity contribution in [3.63, 3.8) is 0 Å². The van der Waals surface area contributed by atoms with Crippen molar-refractivity contribution in [2.45, 2.75) is 48.6 Å². The predicted octanol–water partition coefficient (Wildman–Crippen LogP) is 4.82. The van der Waals surface area contributed by atoms with E-state index in [0.29, 0.717) is 6.42 Å². The van der Waals surface area contributed by atoms with Crippen molar-refractivity contribution in [3.05, 3.63) is 64.5 Å². The number of benzene rings is 2. The summed E-state index contributed by atoms with van der Waals surface area (Å²) in [6.07, 6.45) is 5.78. The van der Waals surface area contributed by atoms with Gasteiger partial charge in [0.05, 0.1) is 26.1 Å². The monoisotopic (exact) mass is 422 g/mol. The molecule has 1 atom stereocenters. The number of amides is 1. The van der Waals surface area contributed by atoms with E-state index in [-0.39, 0.29) is 21.7 Å². The van der Waals surface area contributed by atoms with Crippen molar-refractivity contribution in [1.29, 1.82) is 0 Å². The highest BCUT2D eigenvalue weighted by molar-refractivity contribution is 8.02. The molecule has 1 aliphatic heterocycles. The van der Waals surface area contributed by atoms with Crippen molar-refractivity contribution >= 4 is 40.1 Å². The number of non-ortho nitro benzene ring substituents is 1. The lowest BCUT2D eigenvalue weighted by Gasteiger charge is -2.40. The Morgan fingerprint density at radius 3 is 2.57 bits per heavy atom. The van der Waals surface area contributed by atoms with Crippen LogP contribution >= 0.6 is 11.8 Å². The van der Waals surface area contributed by atoms with Crippen LogP contribution < -0.4 is 4.90 Å². The maximum atomic E-state index is 13.5. The fourth-order valence-corrected chi connectivity index (χ4v) is 6.45. The lowest BCUT2D eigenvalue weighted by atomic mass is 9.92. The Labute approximate surface area is 178 Å². The van der Waals surface area contributed by atoms with Crippen molar-refractivity contribution in [2.75, 3.05) is 4.90 Å². The number of H-pyrrole nitrogens is 1. The molecule has 2 heterocycles. The van der Waals surface area contributed by atoms with Gasteiger partial charge in [0.25, 0.3) is 5.69 Å². The van der Waals surface area contributed by atoms with Gasteiger partial charge in [0.2, 0.25) is 5.91 Å². The third-order valence-electron chi connectivity index (χ3n) is 6.04. The van der Waals surface area contributed by atoms with Crippen LogP contribution in [0.3, 0.4) is 0 Å². The number of hydrogen-bond donors (Lipinski definition) is 1. The van der Waals surface area contributed by atoms with E-state index in [1.165, 1.54) is 18.6 Å². The number of anilines is 1. The number of thioether (sulfide) groups is 1. The summed E-state index contributed by atoms with van der Waals surface area (Å²) >= 11 is 1.74. The molecular weight excluding hydrogens is 400 g/mol. The van der Waals surface area contributed by atoms with Gasteiger partial charge in [-0.05, 0) is 37.1 Å². The molecule has 3 aromatic rings. The van der Waals surface area contributed by atoms with Crippen LogP contribution in [0.2, 0.25) is 0 Å². The second-order valence-electron chi connectivity index (χ2n) is 7.97. The second-order valence-corrected chi connectivity index (χ2v) is 9.53. The van der Waals surface area contributed by atoms with Gasteiger partial charge in [-0.25, -0.2) is 4.98 Å². The molecular formula is C22H22N4O3S. The number of nitrogens with zero attached hydrogens (tertiary/aromatic N) is 3. The Kier molecular flexibility index (Phi) is 4.73. The number of aromatic nitrogens is 2. The maximum Gasteiger partial charge on any atom is 0.269 e. The van der Waals surface area contributed by atoms with Crippen LogP contribution in [0.25, 0.3) is 11.0 Å². The molecule has 1 spiro atoms. The molecule has 1 aromatic heterocycles. The molecule has 0 radical (unpaired) electrons. The van der Waals surface area contributed by atoms with Gasteiger partial charge < -0.3 is 4.98 Å². The molecule has 5 rings (SSSR count). The van der Waals surface area contributed by atoms with Crippen molar-refractivity contribution in [2.24, 2.45) is 0 Å². The standard InChI is InChI=1S/C22H22N4O3S/c27-21-19(14-20-23-17-6-2-3-7-18(17)24-20)30-22(12-4-1-5-13-22)25(21)15-8-10-16(11-9-15)26(28)29/h2-3,6-11,19H,1,4-5,12-14H2,(H,23,24). The number of carbonyl (C=O) groups is 1. The van der Waals surface area contributed by atoms with E-state index in [1.54, 1.807) is 23.9 Å². The highest BCUT2D eigenvalue weighted by atomic mass is 32.2. The number of aromatic amines is 1. The van der Waals surface area contributed by atoms with E-state index >= 15 is 0 Å². The molecule has 2 aliphatic rings. The molecule has 2 aromatic carbocycles. The van der Waals surface area contributed by atoms with Crippen LogP contribution in [-0.4, -0.2) is 30.9 Å². The molecule has 7 nitrogen and oxygen atoms in total. The van der Waals surface area contributed by atoms with Gasteiger partial charge in [-0.3, -0.25) is 19.8 Å². The lowest BCUT2D eigenvalue weighted by molar-refractivity contribution is -0.384. The number of nitrogens with one attached hydrogen (secondary N) is 1. The van der Waals surface area contributed by atoms with E-state index < -0.39 is 4.92 Å². The van der Waals surface area contributed by atoms with E-state index in [1.807, 2.05) is 29.2 Å². The average molecular weight is 423 g/mol. The summed E-state index contributed by atoms with van der Waals surface area (Å²) in [7, 11) is 0. The summed E-state index contributed by atoms with van der Waals surface area (Å²) in [5.74, 6) is 0.884. The maximum absolute atomic E-state index is 13.5. The predicted molar refractivity (Wildman–Crippen MR) is 118 cm³/mol. The van der Waals surface area contributed by atoms with Gasteiger partial charge in [0.1, 0.15) is 5.82 Å². The first-order valence-electron chi connectivity index (χ1n) is 10.3. The topological polar surface area (TPSA) is 92.1 Å². The molecule has 1 saturated heterocycles. The summed E-state index contributed by atoms with van der Waals surface area (Å²) in [4.78, 5) is 33.8. The normalized spacial score (nSPS) is 20.9. The van der Waals surface area contributed by atoms with Gasteiger partial charge in [-0.15, -0.1) is 11.8 Å². The van der Waals surface area contributed by atoms with Crippen molar-refractivity contribution < 1.29 is 9.72 Å². The second kappa shape index (κ2) is 7.43. The first-order valence-corrected chi connectivity index (χ1v) is 11.1. The summed E-state index contributed by atoms with van der Waals surface area (Å²) in [6.45, 7) is 0. The lowest BCUT2D eigenvalue weighted by Crippen LogP contribution is -2.46.